The van der Waals surface area contributed by atoms with Gasteiger partial charge < -0.3 is 24.2 Å². The molecule has 1 aliphatic rings. The van der Waals surface area contributed by atoms with Crippen molar-refractivity contribution in [3.8, 4) is 17.2 Å². The smallest absolute Gasteiger partial charge is 0.295 e. The van der Waals surface area contributed by atoms with E-state index < -0.39 is 17.7 Å². The van der Waals surface area contributed by atoms with E-state index in [-0.39, 0.29) is 17.9 Å². The predicted octanol–water partition coefficient (Wildman–Crippen LogP) is 5.42. The number of aliphatic hydroxyl groups excluding tert-OH is 1. The molecule has 0 spiro atoms. The van der Waals surface area contributed by atoms with Crippen LogP contribution >= 0.6 is 0 Å². The van der Waals surface area contributed by atoms with Crippen molar-refractivity contribution >= 4 is 17.4 Å². The number of aliphatic hydroxyl groups is 1. The molecular weight excluding hydrogens is 470 g/mol. The summed E-state index contributed by atoms with van der Waals surface area (Å²) in [5.74, 6) is -0.180. The third kappa shape index (κ3) is 5.03. The predicted molar refractivity (Wildman–Crippen MR) is 141 cm³/mol. The van der Waals surface area contributed by atoms with Gasteiger partial charge in [-0.3, -0.25) is 9.59 Å². The summed E-state index contributed by atoms with van der Waals surface area (Å²) in [6, 6.07) is 19.1. The lowest BCUT2D eigenvalue weighted by Gasteiger charge is -2.27. The van der Waals surface area contributed by atoms with E-state index in [0.29, 0.717) is 36.0 Å². The average molecular weight is 502 g/mol. The highest BCUT2D eigenvalue weighted by atomic mass is 16.5. The average Bonchev–Trinajstić information content (AvgIpc) is 3.14. The van der Waals surface area contributed by atoms with Gasteiger partial charge >= 0.3 is 0 Å². The fraction of sp³-hybridized carbons (Fsp3) is 0.267. The number of likely N-dealkylation sites (tertiary alicyclic amines) is 1. The summed E-state index contributed by atoms with van der Waals surface area (Å²) in [6.45, 7) is 6.57. The van der Waals surface area contributed by atoms with Crippen molar-refractivity contribution < 1.29 is 28.9 Å². The van der Waals surface area contributed by atoms with Gasteiger partial charge in [-0.1, -0.05) is 42.5 Å². The molecule has 3 aromatic rings. The van der Waals surface area contributed by atoms with Crippen LogP contribution < -0.4 is 14.2 Å². The zero-order chi connectivity index (χ0) is 26.5. The zero-order valence-electron chi connectivity index (χ0n) is 21.5. The van der Waals surface area contributed by atoms with Crippen molar-refractivity contribution in [1.82, 2.24) is 4.90 Å². The molecule has 0 radical (unpaired) electrons. The Morgan fingerprint density at radius 3 is 2.32 bits per heavy atom. The van der Waals surface area contributed by atoms with Crippen molar-refractivity contribution in [2.24, 2.45) is 0 Å². The van der Waals surface area contributed by atoms with Crippen molar-refractivity contribution in [3.05, 3.63) is 94.6 Å². The topological polar surface area (TPSA) is 85.3 Å². The van der Waals surface area contributed by atoms with Gasteiger partial charge in [0.2, 0.25) is 0 Å². The molecule has 1 atom stereocenters. The molecule has 3 aromatic carbocycles. The summed E-state index contributed by atoms with van der Waals surface area (Å²) in [5.41, 5.74) is 2.73. The van der Waals surface area contributed by atoms with Crippen LogP contribution in [0.25, 0.3) is 5.76 Å². The third-order valence-electron chi connectivity index (χ3n) is 6.38. The Kier molecular flexibility index (Phi) is 7.82. The summed E-state index contributed by atoms with van der Waals surface area (Å²) in [7, 11) is 1.56. The second-order valence-electron chi connectivity index (χ2n) is 8.62. The Balaban J connectivity index is 1.90. The van der Waals surface area contributed by atoms with Gasteiger partial charge in [-0.25, -0.2) is 0 Å². The molecule has 192 valence electrons. The SMILES string of the molecule is CCOc1ccc(/C(O)=C2\C(=O)C(=O)N(Cc3ccccc3OC)C2c2ccccc2C)c(OCC)c1. The molecule has 7 nitrogen and oxygen atoms in total. The number of carbonyl (C=O) groups is 2. The normalized spacial score (nSPS) is 16.6. The maximum atomic E-state index is 13.5. The maximum Gasteiger partial charge on any atom is 0.295 e. The summed E-state index contributed by atoms with van der Waals surface area (Å²) in [5, 5.41) is 11.6. The number of methoxy groups -OCH3 is 1. The molecule has 1 amide bonds. The summed E-state index contributed by atoms with van der Waals surface area (Å²) in [6.07, 6.45) is 0. The van der Waals surface area contributed by atoms with Crippen molar-refractivity contribution in [2.75, 3.05) is 20.3 Å². The van der Waals surface area contributed by atoms with Crippen LogP contribution in [0.5, 0.6) is 17.2 Å². The van der Waals surface area contributed by atoms with E-state index >= 15 is 0 Å². The number of hydrogen-bond donors (Lipinski definition) is 1. The lowest BCUT2D eigenvalue weighted by atomic mass is 9.92. The van der Waals surface area contributed by atoms with Gasteiger partial charge in [0.15, 0.2) is 0 Å². The number of nitrogens with zero attached hydrogens (tertiary/aromatic N) is 1. The molecule has 7 heteroatoms. The molecule has 4 rings (SSSR count). The van der Waals surface area contributed by atoms with Crippen molar-refractivity contribution in [1.29, 1.82) is 0 Å². The van der Waals surface area contributed by atoms with Gasteiger partial charge in [-0.05, 0) is 50.1 Å². The second-order valence-corrected chi connectivity index (χ2v) is 8.62. The first kappa shape index (κ1) is 25.8. The van der Waals surface area contributed by atoms with Crippen molar-refractivity contribution in [2.45, 2.75) is 33.4 Å². The molecule has 1 heterocycles. The molecule has 1 saturated heterocycles. The van der Waals surface area contributed by atoms with Crippen LogP contribution in [0.2, 0.25) is 0 Å². The van der Waals surface area contributed by atoms with Crippen LogP contribution in [0.3, 0.4) is 0 Å². The van der Waals surface area contributed by atoms with E-state index in [1.807, 2.05) is 69.3 Å². The van der Waals surface area contributed by atoms with Gasteiger partial charge in [0.1, 0.15) is 23.0 Å². The van der Waals surface area contributed by atoms with Gasteiger partial charge in [-0.15, -0.1) is 0 Å². The Labute approximate surface area is 216 Å². The standard InChI is InChI=1S/C30H31NO6/c1-5-36-21-15-16-23(25(17-21)37-6-2)28(32)26-27(22-13-9-7-11-19(22)3)31(30(34)29(26)33)18-20-12-8-10-14-24(20)35-4/h7-17,27,32H,5-6,18H2,1-4H3/b28-26+. The van der Waals surface area contributed by atoms with Gasteiger partial charge in [0.25, 0.3) is 11.7 Å². The van der Waals surface area contributed by atoms with E-state index in [9.17, 15) is 14.7 Å². The van der Waals surface area contributed by atoms with Crippen LogP contribution in [-0.4, -0.2) is 42.0 Å². The monoisotopic (exact) mass is 501 g/mol. The van der Waals surface area contributed by atoms with Crippen LogP contribution in [0.15, 0.2) is 72.3 Å². The Morgan fingerprint density at radius 2 is 1.62 bits per heavy atom. The minimum atomic E-state index is -0.799. The number of aryl methyl sites for hydroxylation is 1. The first-order valence-electron chi connectivity index (χ1n) is 12.3. The van der Waals surface area contributed by atoms with Gasteiger partial charge in [0.05, 0.1) is 44.0 Å². The van der Waals surface area contributed by atoms with Crippen LogP contribution in [0.4, 0.5) is 0 Å². The Bertz CT molecular complexity index is 1350. The number of rotatable bonds is 9. The van der Waals surface area contributed by atoms with Gasteiger partial charge in [0, 0.05) is 11.6 Å². The Morgan fingerprint density at radius 1 is 0.919 bits per heavy atom. The molecule has 0 aliphatic carbocycles. The first-order valence-corrected chi connectivity index (χ1v) is 12.3. The molecule has 0 saturated carbocycles. The van der Waals surface area contributed by atoms with Crippen LogP contribution in [-0.2, 0) is 16.1 Å². The molecule has 0 bridgehead atoms. The number of hydrogen-bond acceptors (Lipinski definition) is 6. The number of ketones is 1. The summed E-state index contributed by atoms with van der Waals surface area (Å²) < 4.78 is 16.9. The number of benzene rings is 3. The van der Waals surface area contributed by atoms with Crippen LogP contribution in [0, 0.1) is 6.92 Å². The third-order valence-corrected chi connectivity index (χ3v) is 6.38. The fourth-order valence-electron chi connectivity index (χ4n) is 4.65. The fourth-order valence-corrected chi connectivity index (χ4v) is 4.65. The zero-order valence-corrected chi connectivity index (χ0v) is 21.5. The van der Waals surface area contributed by atoms with E-state index in [0.717, 1.165) is 16.7 Å². The number of Topliss-reactive ketones (excluding diaryl/α,β-unsaturated/α-hetero) is 1. The molecule has 1 aliphatic heterocycles. The minimum absolute atomic E-state index is 0.0133. The molecule has 1 fully saturated rings. The summed E-state index contributed by atoms with van der Waals surface area (Å²) in [4.78, 5) is 28.4. The molecule has 1 N–H and O–H groups in total. The maximum absolute atomic E-state index is 13.5. The van der Waals surface area contributed by atoms with Crippen LogP contribution in [0.1, 0.15) is 42.1 Å². The van der Waals surface area contributed by atoms with E-state index in [1.165, 1.54) is 4.90 Å². The van der Waals surface area contributed by atoms with Crippen molar-refractivity contribution in [3.63, 3.8) is 0 Å². The van der Waals surface area contributed by atoms with Gasteiger partial charge in [-0.2, -0.15) is 0 Å². The first-order chi connectivity index (χ1) is 17.9. The number of carbonyl (C=O) groups excluding carboxylic acids is 2. The van der Waals surface area contributed by atoms with E-state index in [4.69, 9.17) is 14.2 Å². The Hall–Kier alpha value is -4.26. The minimum Gasteiger partial charge on any atom is -0.507 e. The van der Waals surface area contributed by atoms with E-state index in [1.54, 1.807) is 25.3 Å². The lowest BCUT2D eigenvalue weighted by Crippen LogP contribution is -2.29. The molecule has 0 aromatic heterocycles. The lowest BCUT2D eigenvalue weighted by molar-refractivity contribution is -0.140. The number of ether oxygens (including phenoxy) is 3. The quantitative estimate of drug-likeness (QED) is 0.239. The summed E-state index contributed by atoms with van der Waals surface area (Å²) >= 11 is 0. The highest BCUT2D eigenvalue weighted by molar-refractivity contribution is 6.46. The highest BCUT2D eigenvalue weighted by Gasteiger charge is 2.47. The van der Waals surface area contributed by atoms with E-state index in [2.05, 4.69) is 0 Å². The molecule has 37 heavy (non-hydrogen) atoms. The molecule has 1 unspecified atom stereocenters. The second kappa shape index (κ2) is 11.2. The largest absolute Gasteiger partial charge is 0.507 e. The number of para-hydroxylation sites is 1. The number of amides is 1. The molecular formula is C30H31NO6. The highest BCUT2D eigenvalue weighted by Crippen LogP contribution is 2.43.